The highest BCUT2D eigenvalue weighted by Crippen LogP contribution is 2.33. The van der Waals surface area contributed by atoms with Gasteiger partial charge in [0.25, 0.3) is 0 Å². The van der Waals surface area contributed by atoms with Gasteiger partial charge >= 0.3 is 6.11 Å². The molecule has 0 fully saturated rings. The SMILES string of the molecule is CCCc1ccc2cc(-c3ccc(CCC(F)(F)Oc4cc(F)c(F)c(F)c4)cc3)c(F)c(F)c2c1. The summed E-state index contributed by atoms with van der Waals surface area (Å²) in [5.74, 6) is -7.86. The summed E-state index contributed by atoms with van der Waals surface area (Å²) in [5.41, 5.74) is 1.78. The van der Waals surface area contributed by atoms with Gasteiger partial charge in [-0.25, -0.2) is 22.0 Å². The lowest BCUT2D eigenvalue weighted by molar-refractivity contribution is -0.180. The van der Waals surface area contributed by atoms with Crippen molar-refractivity contribution in [3.63, 3.8) is 0 Å². The number of rotatable bonds is 8. The Morgan fingerprint density at radius 3 is 1.97 bits per heavy atom. The van der Waals surface area contributed by atoms with E-state index in [1.54, 1.807) is 18.2 Å². The first-order chi connectivity index (χ1) is 17.1. The normalized spacial score (nSPS) is 11.8. The molecule has 1 nitrogen and oxygen atoms in total. The smallest absolute Gasteiger partial charge is 0.398 e. The fourth-order valence-corrected chi connectivity index (χ4v) is 3.98. The molecule has 0 aliphatic rings. The fourth-order valence-electron chi connectivity index (χ4n) is 3.98. The van der Waals surface area contributed by atoms with Gasteiger partial charge in [0.15, 0.2) is 29.1 Å². The van der Waals surface area contributed by atoms with Crippen molar-refractivity contribution in [2.24, 2.45) is 0 Å². The van der Waals surface area contributed by atoms with Gasteiger partial charge in [0.05, 0.1) is 6.42 Å². The van der Waals surface area contributed by atoms with Crippen molar-refractivity contribution in [1.29, 1.82) is 0 Å². The summed E-state index contributed by atoms with van der Waals surface area (Å²) in [5, 5.41) is 0.736. The van der Waals surface area contributed by atoms with Crippen molar-refractivity contribution in [2.45, 2.75) is 38.7 Å². The van der Waals surface area contributed by atoms with Gasteiger partial charge in [-0.1, -0.05) is 49.7 Å². The summed E-state index contributed by atoms with van der Waals surface area (Å²) in [4.78, 5) is 0. The predicted molar refractivity (Wildman–Crippen MR) is 124 cm³/mol. The first-order valence-electron chi connectivity index (χ1n) is 11.3. The Labute approximate surface area is 203 Å². The summed E-state index contributed by atoms with van der Waals surface area (Å²) in [7, 11) is 0. The molecule has 0 saturated heterocycles. The van der Waals surface area contributed by atoms with Crippen LogP contribution in [0.3, 0.4) is 0 Å². The van der Waals surface area contributed by atoms with Gasteiger partial charge < -0.3 is 4.74 Å². The monoisotopic (exact) mass is 506 g/mol. The number of hydrogen-bond acceptors (Lipinski definition) is 1. The topological polar surface area (TPSA) is 9.23 Å². The van der Waals surface area contributed by atoms with Crippen LogP contribution in [-0.2, 0) is 12.8 Å². The first-order valence-corrected chi connectivity index (χ1v) is 11.3. The van der Waals surface area contributed by atoms with E-state index in [1.165, 1.54) is 24.3 Å². The lowest BCUT2D eigenvalue weighted by Crippen LogP contribution is -2.25. The van der Waals surface area contributed by atoms with Gasteiger partial charge in [0.1, 0.15) is 5.75 Å². The van der Waals surface area contributed by atoms with Gasteiger partial charge in [-0.2, -0.15) is 8.78 Å². The molecule has 0 spiro atoms. The highest BCUT2D eigenvalue weighted by atomic mass is 19.3. The van der Waals surface area contributed by atoms with Crippen molar-refractivity contribution in [3.05, 3.63) is 101 Å². The second kappa shape index (κ2) is 10.2. The van der Waals surface area contributed by atoms with Crippen molar-refractivity contribution in [2.75, 3.05) is 0 Å². The van der Waals surface area contributed by atoms with Gasteiger partial charge in [-0.15, -0.1) is 0 Å². The molecule has 0 aliphatic heterocycles. The minimum Gasteiger partial charge on any atom is -0.432 e. The van der Waals surface area contributed by atoms with Gasteiger partial charge in [0.2, 0.25) is 0 Å². The molecular weight excluding hydrogens is 485 g/mol. The first kappa shape index (κ1) is 25.5. The molecule has 0 heterocycles. The largest absolute Gasteiger partial charge is 0.432 e. The summed E-state index contributed by atoms with van der Waals surface area (Å²) in [6, 6.07) is 13.4. The fraction of sp³-hybridized carbons (Fsp3) is 0.214. The molecule has 0 aromatic heterocycles. The number of aryl methyl sites for hydroxylation is 2. The van der Waals surface area contributed by atoms with Crippen LogP contribution in [0.2, 0.25) is 0 Å². The van der Waals surface area contributed by atoms with Crippen LogP contribution in [0.4, 0.5) is 30.7 Å². The van der Waals surface area contributed by atoms with Crippen LogP contribution in [0.1, 0.15) is 30.9 Å². The highest BCUT2D eigenvalue weighted by molar-refractivity contribution is 5.89. The van der Waals surface area contributed by atoms with E-state index in [0.29, 0.717) is 28.6 Å². The number of alkyl halides is 2. The second-order valence-electron chi connectivity index (χ2n) is 8.49. The molecule has 4 aromatic rings. The molecule has 36 heavy (non-hydrogen) atoms. The van der Waals surface area contributed by atoms with Crippen LogP contribution in [-0.4, -0.2) is 6.11 Å². The maximum atomic E-state index is 14.9. The van der Waals surface area contributed by atoms with Crippen LogP contribution in [0, 0.1) is 29.1 Å². The zero-order valence-electron chi connectivity index (χ0n) is 19.2. The van der Waals surface area contributed by atoms with E-state index in [0.717, 1.165) is 18.4 Å². The zero-order valence-corrected chi connectivity index (χ0v) is 19.2. The van der Waals surface area contributed by atoms with Crippen LogP contribution < -0.4 is 4.74 Å². The molecule has 0 saturated carbocycles. The van der Waals surface area contributed by atoms with Crippen LogP contribution in [0.5, 0.6) is 5.75 Å². The maximum absolute atomic E-state index is 14.9. The molecule has 8 heteroatoms. The molecule has 0 N–H and O–H groups in total. The predicted octanol–water partition coefficient (Wildman–Crippen LogP) is 8.76. The third-order valence-corrected chi connectivity index (χ3v) is 5.82. The van der Waals surface area contributed by atoms with Gasteiger partial charge in [-0.3, -0.25) is 0 Å². The standard InChI is InChI=1S/C28H21F7O/c1-2-3-17-6-9-19-13-22(26(32)25(31)21(19)12-17)18-7-4-16(5-8-18)10-11-28(34,35)36-20-14-23(29)27(33)24(30)15-20/h4-9,12-15H,2-3,10-11H2,1H3. The van der Waals surface area contributed by atoms with E-state index < -0.39 is 47.4 Å². The summed E-state index contributed by atoms with van der Waals surface area (Å²) in [6.45, 7) is 2.00. The molecule has 0 radical (unpaired) electrons. The van der Waals surface area contributed by atoms with Crippen LogP contribution in [0.15, 0.2) is 60.7 Å². The van der Waals surface area contributed by atoms with Crippen molar-refractivity contribution >= 4 is 10.8 Å². The Morgan fingerprint density at radius 1 is 0.694 bits per heavy atom. The molecule has 0 bridgehead atoms. The summed E-state index contributed by atoms with van der Waals surface area (Å²) in [6.07, 6.45) is -3.19. The maximum Gasteiger partial charge on any atom is 0.398 e. The van der Waals surface area contributed by atoms with E-state index in [-0.39, 0.29) is 17.4 Å². The number of hydrogen-bond donors (Lipinski definition) is 0. The van der Waals surface area contributed by atoms with Gasteiger partial charge in [0, 0.05) is 23.1 Å². The summed E-state index contributed by atoms with van der Waals surface area (Å²) < 4.78 is 102. The molecule has 0 aliphatic carbocycles. The minimum absolute atomic E-state index is 0.0452. The van der Waals surface area contributed by atoms with E-state index >= 15 is 0 Å². The molecule has 0 atom stereocenters. The quantitative estimate of drug-likeness (QED) is 0.171. The van der Waals surface area contributed by atoms with Crippen LogP contribution in [0.25, 0.3) is 21.9 Å². The Bertz CT molecular complexity index is 1370. The molecule has 4 aromatic carbocycles. The molecule has 0 amide bonds. The third kappa shape index (κ3) is 5.48. The van der Waals surface area contributed by atoms with E-state index in [1.807, 2.05) is 13.0 Å². The molecule has 0 unspecified atom stereocenters. The van der Waals surface area contributed by atoms with Gasteiger partial charge in [-0.05, 0) is 47.1 Å². The highest BCUT2D eigenvalue weighted by Gasteiger charge is 2.32. The third-order valence-electron chi connectivity index (χ3n) is 5.82. The Hall–Kier alpha value is -3.55. The number of halogens is 7. The zero-order chi connectivity index (χ0) is 26.0. The Kier molecular flexibility index (Phi) is 7.24. The molecule has 4 rings (SSSR count). The Morgan fingerprint density at radius 2 is 1.33 bits per heavy atom. The van der Waals surface area contributed by atoms with E-state index in [2.05, 4.69) is 4.74 Å². The number of benzene rings is 4. The lowest BCUT2D eigenvalue weighted by Gasteiger charge is -2.18. The average Bonchev–Trinajstić information content (AvgIpc) is 2.84. The van der Waals surface area contributed by atoms with Crippen molar-refractivity contribution < 1.29 is 35.5 Å². The summed E-state index contributed by atoms with van der Waals surface area (Å²) >= 11 is 0. The molecular formula is C28H21F7O. The van der Waals surface area contributed by atoms with Crippen LogP contribution >= 0.6 is 0 Å². The molecule has 188 valence electrons. The second-order valence-corrected chi connectivity index (χ2v) is 8.49. The number of ether oxygens (including phenoxy) is 1. The Balaban J connectivity index is 1.49. The lowest BCUT2D eigenvalue weighted by atomic mass is 9.96. The van der Waals surface area contributed by atoms with E-state index in [9.17, 15) is 30.7 Å². The number of fused-ring (bicyclic) bond motifs is 1. The van der Waals surface area contributed by atoms with Crippen molar-refractivity contribution in [1.82, 2.24) is 0 Å². The minimum atomic E-state index is -3.79. The average molecular weight is 506 g/mol. The van der Waals surface area contributed by atoms with Crippen molar-refractivity contribution in [3.8, 4) is 16.9 Å². The van der Waals surface area contributed by atoms with E-state index in [4.69, 9.17) is 0 Å².